The number of hydrogen-bond donors (Lipinski definition) is 1. The predicted octanol–water partition coefficient (Wildman–Crippen LogP) is 5.55. The molecule has 0 spiro atoms. The third-order valence-corrected chi connectivity index (χ3v) is 7.26. The predicted molar refractivity (Wildman–Crippen MR) is 119 cm³/mol. The van der Waals surface area contributed by atoms with Crippen LogP contribution >= 0.6 is 22.7 Å². The monoisotopic (exact) mass is 415 g/mol. The Bertz CT molecular complexity index is 1190. The second-order valence-electron chi connectivity index (χ2n) is 6.74. The topological polar surface area (TPSA) is 84.3 Å². The molecule has 142 valence electrons. The third kappa shape index (κ3) is 3.15. The van der Waals surface area contributed by atoms with Crippen molar-refractivity contribution in [3.05, 3.63) is 67.4 Å². The van der Waals surface area contributed by atoms with Crippen LogP contribution in [-0.2, 0) is 0 Å². The minimum Gasteiger partial charge on any atom is -0.324 e. The Morgan fingerprint density at radius 1 is 0.759 bits per heavy atom. The number of nitriles is 2. The number of nitrogens with one attached hydrogen (secondary N) is 1. The van der Waals surface area contributed by atoms with Gasteiger partial charge in [0, 0.05) is 20.9 Å². The minimum absolute atomic E-state index is 0.612. The van der Waals surface area contributed by atoms with Gasteiger partial charge in [-0.1, -0.05) is 24.3 Å². The average molecular weight is 416 g/mol. The van der Waals surface area contributed by atoms with Gasteiger partial charge in [0.15, 0.2) is 0 Å². The van der Waals surface area contributed by atoms with E-state index in [2.05, 4.69) is 17.5 Å². The molecular formula is C22H17N5S2. The highest BCUT2D eigenvalue weighted by Gasteiger charge is 2.25. The van der Waals surface area contributed by atoms with Gasteiger partial charge in [0.2, 0.25) is 0 Å². The Morgan fingerprint density at radius 3 is 1.55 bits per heavy atom. The summed E-state index contributed by atoms with van der Waals surface area (Å²) in [7, 11) is 0. The number of rotatable bonds is 2. The maximum Gasteiger partial charge on any atom is 0.141 e. The van der Waals surface area contributed by atoms with Crippen LogP contribution in [-0.4, -0.2) is 11.7 Å². The first kappa shape index (κ1) is 19.1. The maximum absolute atomic E-state index is 9.53. The van der Waals surface area contributed by atoms with E-state index in [1.54, 1.807) is 0 Å². The van der Waals surface area contributed by atoms with Gasteiger partial charge in [-0.2, -0.15) is 10.5 Å². The van der Waals surface area contributed by atoms with E-state index in [1.165, 1.54) is 22.7 Å². The normalized spacial score (nSPS) is 15.2. The highest BCUT2D eigenvalue weighted by molar-refractivity contribution is 7.16. The fourth-order valence-corrected chi connectivity index (χ4v) is 5.13. The molecule has 4 rings (SSSR count). The molecule has 3 aromatic rings. The number of aryl methyl sites for hydroxylation is 2. The summed E-state index contributed by atoms with van der Waals surface area (Å²) in [5, 5.41) is 23.8. The van der Waals surface area contributed by atoms with Crippen molar-refractivity contribution in [3.8, 4) is 12.1 Å². The van der Waals surface area contributed by atoms with Crippen molar-refractivity contribution in [2.75, 3.05) is 0 Å². The minimum atomic E-state index is 0.612. The molecule has 3 heterocycles. The van der Waals surface area contributed by atoms with Gasteiger partial charge in [-0.25, -0.2) is 9.98 Å². The van der Waals surface area contributed by atoms with Gasteiger partial charge < -0.3 is 5.32 Å². The SMILES string of the molecule is Cc1sc(/N=C2\N/C(=N/c3sc(C)c(C)c3C#N)c3ccccc32)c(C#N)c1C. The summed E-state index contributed by atoms with van der Waals surface area (Å²) >= 11 is 3.03. The van der Waals surface area contributed by atoms with E-state index in [0.29, 0.717) is 32.8 Å². The second-order valence-corrected chi connectivity index (χ2v) is 9.15. The Balaban J connectivity index is 1.85. The van der Waals surface area contributed by atoms with Crippen molar-refractivity contribution in [3.63, 3.8) is 0 Å². The van der Waals surface area contributed by atoms with Crippen LogP contribution in [0.2, 0.25) is 0 Å². The van der Waals surface area contributed by atoms with Crippen LogP contribution in [0.15, 0.2) is 34.3 Å². The van der Waals surface area contributed by atoms with Crippen LogP contribution in [0, 0.1) is 50.4 Å². The van der Waals surface area contributed by atoms with Gasteiger partial charge in [-0.05, 0) is 38.8 Å². The summed E-state index contributed by atoms with van der Waals surface area (Å²) in [6.07, 6.45) is 0. The summed E-state index contributed by atoms with van der Waals surface area (Å²) in [5.74, 6) is 1.33. The highest BCUT2D eigenvalue weighted by Crippen LogP contribution is 2.37. The molecule has 0 atom stereocenters. The van der Waals surface area contributed by atoms with Crippen molar-refractivity contribution >= 4 is 44.3 Å². The number of hydrogen-bond acceptors (Lipinski definition) is 6. The van der Waals surface area contributed by atoms with Crippen LogP contribution in [0.25, 0.3) is 0 Å². The smallest absolute Gasteiger partial charge is 0.141 e. The molecule has 1 N–H and O–H groups in total. The van der Waals surface area contributed by atoms with E-state index in [1.807, 2.05) is 52.0 Å². The number of thiophene rings is 2. The van der Waals surface area contributed by atoms with Gasteiger partial charge in [-0.3, -0.25) is 0 Å². The second kappa shape index (κ2) is 7.29. The summed E-state index contributed by atoms with van der Waals surface area (Å²) in [6, 6.07) is 12.4. The van der Waals surface area contributed by atoms with Crippen LogP contribution in [0.3, 0.4) is 0 Å². The number of benzene rings is 1. The number of nitrogens with zero attached hydrogens (tertiary/aromatic N) is 4. The molecule has 0 radical (unpaired) electrons. The van der Waals surface area contributed by atoms with Crippen molar-refractivity contribution < 1.29 is 0 Å². The van der Waals surface area contributed by atoms with Crippen LogP contribution in [0.1, 0.15) is 43.1 Å². The molecule has 1 aliphatic heterocycles. The summed E-state index contributed by atoms with van der Waals surface area (Å²) < 4.78 is 0. The van der Waals surface area contributed by atoms with E-state index in [9.17, 15) is 10.5 Å². The molecule has 0 bridgehead atoms. The quantitative estimate of drug-likeness (QED) is 0.596. The zero-order valence-electron chi connectivity index (χ0n) is 16.4. The van der Waals surface area contributed by atoms with Gasteiger partial charge >= 0.3 is 0 Å². The Kier molecular flexibility index (Phi) is 4.79. The first-order valence-corrected chi connectivity index (χ1v) is 10.6. The zero-order chi connectivity index (χ0) is 20.7. The number of amidine groups is 2. The number of aliphatic imine (C=N–C) groups is 2. The Labute approximate surface area is 177 Å². The molecule has 2 aromatic heterocycles. The molecular weight excluding hydrogens is 398 g/mol. The Morgan fingerprint density at radius 2 is 1.17 bits per heavy atom. The molecule has 0 amide bonds. The molecule has 1 aliphatic rings. The summed E-state index contributed by atoms with van der Waals surface area (Å²) in [5.41, 5.74) is 5.03. The zero-order valence-corrected chi connectivity index (χ0v) is 18.0. The Hall–Kier alpha value is -3.26. The molecule has 0 saturated heterocycles. The van der Waals surface area contributed by atoms with E-state index >= 15 is 0 Å². The average Bonchev–Trinajstić information content (AvgIpc) is 3.29. The maximum atomic E-state index is 9.53. The van der Waals surface area contributed by atoms with Gasteiger partial charge in [-0.15, -0.1) is 22.7 Å². The van der Waals surface area contributed by atoms with Crippen molar-refractivity contribution in [1.82, 2.24) is 5.32 Å². The van der Waals surface area contributed by atoms with Gasteiger partial charge in [0.1, 0.15) is 33.8 Å². The molecule has 1 aromatic carbocycles. The third-order valence-electron chi connectivity index (χ3n) is 5.06. The van der Waals surface area contributed by atoms with E-state index in [-0.39, 0.29) is 0 Å². The van der Waals surface area contributed by atoms with Crippen LogP contribution < -0.4 is 5.32 Å². The molecule has 0 saturated carbocycles. The standard InChI is InChI=1S/C22H17N5S2/c1-11-13(3)28-21(17(11)9-23)26-19-15-7-5-6-8-16(15)20(25-19)27-22-18(10-24)12(2)14(4)29-22/h5-8H,1-4H3,(H,25,26,27). The lowest BCUT2D eigenvalue weighted by Gasteiger charge is -2.00. The lowest BCUT2D eigenvalue weighted by atomic mass is 10.1. The molecule has 0 aliphatic carbocycles. The van der Waals surface area contributed by atoms with Crippen molar-refractivity contribution in [2.24, 2.45) is 9.98 Å². The largest absolute Gasteiger partial charge is 0.324 e. The van der Waals surface area contributed by atoms with Crippen LogP contribution in [0.4, 0.5) is 10.0 Å². The lowest BCUT2D eigenvalue weighted by molar-refractivity contribution is 1.33. The number of fused-ring (bicyclic) bond motifs is 1. The molecule has 29 heavy (non-hydrogen) atoms. The molecule has 5 nitrogen and oxygen atoms in total. The van der Waals surface area contributed by atoms with E-state index < -0.39 is 0 Å². The fourth-order valence-electron chi connectivity index (χ4n) is 3.16. The lowest BCUT2D eigenvalue weighted by Crippen LogP contribution is -2.22. The molecule has 7 heteroatoms. The van der Waals surface area contributed by atoms with Crippen molar-refractivity contribution in [2.45, 2.75) is 27.7 Å². The van der Waals surface area contributed by atoms with Crippen molar-refractivity contribution in [1.29, 1.82) is 10.5 Å². The van der Waals surface area contributed by atoms with Gasteiger partial charge in [0.25, 0.3) is 0 Å². The first-order valence-electron chi connectivity index (χ1n) is 8.99. The first-order chi connectivity index (χ1) is 13.9. The summed E-state index contributed by atoms with van der Waals surface area (Å²) in [4.78, 5) is 11.7. The van der Waals surface area contributed by atoms with Crippen LogP contribution in [0.5, 0.6) is 0 Å². The molecule has 0 unspecified atom stereocenters. The van der Waals surface area contributed by atoms with Gasteiger partial charge in [0.05, 0.1) is 11.1 Å². The summed E-state index contributed by atoms with van der Waals surface area (Å²) in [6.45, 7) is 7.89. The fraction of sp³-hybridized carbons (Fsp3) is 0.182. The highest BCUT2D eigenvalue weighted by atomic mass is 32.1. The van der Waals surface area contributed by atoms with E-state index in [4.69, 9.17) is 9.98 Å². The van der Waals surface area contributed by atoms with E-state index in [0.717, 1.165) is 32.0 Å². The molecule has 0 fully saturated rings.